The van der Waals surface area contributed by atoms with Crippen LogP contribution in [0.1, 0.15) is 29.7 Å². The van der Waals surface area contributed by atoms with E-state index in [-0.39, 0.29) is 33.0 Å². The number of anilines is 1. The lowest BCUT2D eigenvalue weighted by Gasteiger charge is -2.35. The van der Waals surface area contributed by atoms with Crippen LogP contribution in [-0.4, -0.2) is 33.4 Å². The van der Waals surface area contributed by atoms with E-state index in [4.69, 9.17) is 0 Å². The molecule has 172 valence electrons. The number of hydrogen-bond donors (Lipinski definition) is 2. The third-order valence-corrected chi connectivity index (χ3v) is 6.35. The van der Waals surface area contributed by atoms with E-state index in [2.05, 4.69) is 11.2 Å². The molecule has 0 bridgehead atoms. The number of benzene rings is 2. The molecule has 0 saturated carbocycles. The number of aliphatic carboxylic acids is 1. The van der Waals surface area contributed by atoms with Gasteiger partial charge in [-0.3, -0.25) is 9.11 Å². The normalized spacial score (nSPS) is 18.4. The van der Waals surface area contributed by atoms with Gasteiger partial charge in [-0.1, -0.05) is 12.1 Å². The van der Waals surface area contributed by atoms with Crippen molar-refractivity contribution in [1.29, 1.82) is 5.26 Å². The van der Waals surface area contributed by atoms with Gasteiger partial charge in [-0.2, -0.15) is 18.4 Å². The Kier molecular flexibility index (Phi) is 6.00. The maximum absolute atomic E-state index is 13.2. The average molecular weight is 477 g/mol. The smallest absolute Gasteiger partial charge is 0.416 e. The average Bonchev–Trinajstić information content (AvgIpc) is 2.71. The molecule has 0 fully saturated rings. The Morgan fingerprint density at radius 2 is 1.94 bits per heavy atom. The zero-order chi connectivity index (χ0) is 24.7. The van der Waals surface area contributed by atoms with E-state index in [9.17, 15) is 37.3 Å². The zero-order valence-corrected chi connectivity index (χ0v) is 18.3. The molecular formula is C22H18F3N3O4S. The van der Waals surface area contributed by atoms with Gasteiger partial charge in [-0.25, -0.2) is 9.59 Å². The first-order valence-corrected chi connectivity index (χ1v) is 11.5. The van der Waals surface area contributed by atoms with Crippen molar-refractivity contribution in [3.8, 4) is 6.07 Å². The molecular weight excluding hydrogens is 459 g/mol. The predicted molar refractivity (Wildman–Crippen MR) is 116 cm³/mol. The fourth-order valence-electron chi connectivity index (χ4n) is 3.60. The Balaban J connectivity index is 2.23. The molecule has 1 aliphatic heterocycles. The minimum absolute atomic E-state index is 0.0888. The van der Waals surface area contributed by atoms with Crippen molar-refractivity contribution in [3.63, 3.8) is 0 Å². The summed E-state index contributed by atoms with van der Waals surface area (Å²) in [5.74, 6) is 2.17. The predicted octanol–water partition coefficient (Wildman–Crippen LogP) is 3.91. The van der Waals surface area contributed by atoms with Gasteiger partial charge in [0.2, 0.25) is 0 Å². The molecule has 2 atom stereocenters. The van der Waals surface area contributed by atoms with E-state index in [1.807, 2.05) is 6.07 Å². The Morgan fingerprint density at radius 1 is 1.27 bits per heavy atom. The molecule has 0 saturated heterocycles. The van der Waals surface area contributed by atoms with Gasteiger partial charge in [0.25, 0.3) is 0 Å². The lowest BCUT2D eigenvalue weighted by Crippen LogP contribution is -2.48. The van der Waals surface area contributed by atoms with Crippen molar-refractivity contribution in [2.45, 2.75) is 24.0 Å². The van der Waals surface area contributed by atoms with E-state index in [1.54, 1.807) is 0 Å². The Morgan fingerprint density at radius 3 is 2.48 bits per heavy atom. The molecule has 0 aliphatic carbocycles. The van der Waals surface area contributed by atoms with E-state index in [0.717, 1.165) is 23.1 Å². The summed E-state index contributed by atoms with van der Waals surface area (Å²) in [4.78, 5) is 26.1. The molecule has 2 aromatic carbocycles. The summed E-state index contributed by atoms with van der Waals surface area (Å²) in [6.07, 6.45) is -3.35. The molecule has 7 nitrogen and oxygen atoms in total. The van der Waals surface area contributed by atoms with Crippen LogP contribution < -0.4 is 10.2 Å². The summed E-state index contributed by atoms with van der Waals surface area (Å²) in [6.45, 7) is 1.30. The quantitative estimate of drug-likeness (QED) is 0.649. The number of carbonyl (C=O) groups excluding carboxylic acids is 1. The molecule has 1 heterocycles. The van der Waals surface area contributed by atoms with Crippen LogP contribution in [0.2, 0.25) is 0 Å². The van der Waals surface area contributed by atoms with Gasteiger partial charge in [-0.05, 0) is 58.2 Å². The van der Waals surface area contributed by atoms with Crippen molar-refractivity contribution in [1.82, 2.24) is 5.32 Å². The number of alkyl halides is 3. The van der Waals surface area contributed by atoms with E-state index >= 15 is 0 Å². The summed E-state index contributed by atoms with van der Waals surface area (Å²) >= 11 is 0. The van der Waals surface area contributed by atoms with Crippen molar-refractivity contribution in [2.24, 2.45) is 0 Å². The van der Waals surface area contributed by atoms with Crippen LogP contribution in [0.3, 0.4) is 0 Å². The third kappa shape index (κ3) is 4.56. The van der Waals surface area contributed by atoms with Crippen LogP contribution in [-0.2, 0) is 20.5 Å². The standard InChI is InChI=1S/C22H18F3N3O4S/c1-12-18(20(29)30)19(16-8-7-13(11-26)9-17(16)33(2,3)32)27-21(31)28(12)15-6-4-5-14(10-15)22(23,24)25/h4-10,19H,2H2,1,3H3,(H,27,31)(H,29,30). The first-order chi connectivity index (χ1) is 15.3. The van der Waals surface area contributed by atoms with Gasteiger partial charge in [0.15, 0.2) is 0 Å². The first-order valence-electron chi connectivity index (χ1n) is 9.34. The molecule has 2 aromatic rings. The van der Waals surface area contributed by atoms with Gasteiger partial charge in [-0.15, -0.1) is 0 Å². The number of halogens is 3. The molecule has 2 unspecified atom stereocenters. The highest BCUT2D eigenvalue weighted by molar-refractivity contribution is 7.99. The number of rotatable bonds is 4. The molecule has 0 radical (unpaired) electrons. The topological polar surface area (TPSA) is 111 Å². The highest BCUT2D eigenvalue weighted by Crippen LogP contribution is 2.38. The largest absolute Gasteiger partial charge is 0.478 e. The number of carbonyl (C=O) groups is 2. The number of nitrogens with one attached hydrogen (secondary N) is 1. The van der Waals surface area contributed by atoms with Gasteiger partial charge >= 0.3 is 18.2 Å². The number of allylic oxidation sites excluding steroid dienone is 1. The maximum Gasteiger partial charge on any atom is 0.416 e. The number of urea groups is 1. The summed E-state index contributed by atoms with van der Waals surface area (Å²) in [7, 11) is -2.94. The van der Waals surface area contributed by atoms with Crippen LogP contribution in [0.4, 0.5) is 23.7 Å². The van der Waals surface area contributed by atoms with Crippen LogP contribution in [0, 0.1) is 11.3 Å². The van der Waals surface area contributed by atoms with Gasteiger partial charge < -0.3 is 10.4 Å². The number of nitrogens with zero attached hydrogens (tertiary/aromatic N) is 2. The fraction of sp³-hybridized carbons (Fsp3) is 0.182. The number of carboxylic acids is 1. The summed E-state index contributed by atoms with van der Waals surface area (Å²) in [5, 5.41) is 21.6. The second-order valence-corrected chi connectivity index (χ2v) is 9.89. The Labute approximate surface area is 187 Å². The summed E-state index contributed by atoms with van der Waals surface area (Å²) < 4.78 is 52.2. The summed E-state index contributed by atoms with van der Waals surface area (Å²) in [5.41, 5.74) is -1.30. The molecule has 33 heavy (non-hydrogen) atoms. The van der Waals surface area contributed by atoms with Crippen molar-refractivity contribution >= 4 is 33.1 Å². The first kappa shape index (κ1) is 23.9. The highest BCUT2D eigenvalue weighted by atomic mass is 32.2. The minimum atomic E-state index is -4.66. The van der Waals surface area contributed by atoms with Crippen LogP contribution in [0.5, 0.6) is 0 Å². The van der Waals surface area contributed by atoms with Crippen molar-refractivity contribution in [2.75, 3.05) is 11.2 Å². The lowest BCUT2D eigenvalue weighted by atomic mass is 9.94. The van der Waals surface area contributed by atoms with Crippen molar-refractivity contribution < 1.29 is 32.1 Å². The Bertz CT molecular complexity index is 1340. The van der Waals surface area contributed by atoms with Crippen molar-refractivity contribution in [3.05, 3.63) is 70.4 Å². The van der Waals surface area contributed by atoms with Gasteiger partial charge in [0.05, 0.1) is 34.5 Å². The number of carboxylic acid groups (broad SMARTS) is 1. The van der Waals surface area contributed by atoms with E-state index < -0.39 is 39.3 Å². The molecule has 11 heteroatoms. The summed E-state index contributed by atoms with van der Waals surface area (Å²) in [6, 6.07) is 7.75. The molecule has 2 N–H and O–H groups in total. The molecule has 0 spiro atoms. The SMILES string of the molecule is C=S(C)(=O)c1cc(C#N)ccc1C1NC(=O)N(c2cccc(C(F)(F)F)c2)C(C)=C1C(=O)O. The molecule has 0 aromatic heterocycles. The third-order valence-electron chi connectivity index (χ3n) is 5.07. The van der Waals surface area contributed by atoms with Crippen LogP contribution in [0.15, 0.2) is 58.6 Å². The fourth-order valence-corrected chi connectivity index (χ4v) is 4.66. The van der Waals surface area contributed by atoms with E-state index in [0.29, 0.717) is 0 Å². The maximum atomic E-state index is 13.2. The van der Waals surface area contributed by atoms with Crippen LogP contribution >= 0.6 is 0 Å². The zero-order valence-electron chi connectivity index (χ0n) is 17.4. The second kappa shape index (κ2) is 8.29. The van der Waals surface area contributed by atoms with Gasteiger partial charge in [0.1, 0.15) is 0 Å². The number of hydrogen-bond acceptors (Lipinski definition) is 4. The minimum Gasteiger partial charge on any atom is -0.478 e. The highest BCUT2D eigenvalue weighted by Gasteiger charge is 2.39. The van der Waals surface area contributed by atoms with E-state index in [1.165, 1.54) is 37.4 Å². The monoisotopic (exact) mass is 477 g/mol. The van der Waals surface area contributed by atoms with Crippen LogP contribution in [0.25, 0.3) is 0 Å². The number of nitriles is 1. The number of amides is 2. The Hall–Kier alpha value is -3.78. The van der Waals surface area contributed by atoms with Gasteiger partial charge in [0, 0.05) is 16.8 Å². The molecule has 3 rings (SSSR count). The lowest BCUT2D eigenvalue weighted by molar-refractivity contribution is -0.137. The molecule has 2 amide bonds. The second-order valence-electron chi connectivity index (χ2n) is 7.44. The molecule has 1 aliphatic rings.